The standard InChI is InChI=1S/C39H43N3O3S/c1-7-20-40(9-3)28-15-17-31-35(24-28)46(43,44)36-25-29(41(10-4)21-8-2)16-18-32(36)39(31)38-37(27(6)33-13-11-12-22-42(33)38)30-23-26(5)14-19-34(30)45-39/h11-19,22-25H,7-10,20-21H2,1-6H3. The molecule has 2 aliphatic heterocycles. The molecule has 7 rings (SSSR count). The topological polar surface area (TPSA) is 54.3 Å². The van der Waals surface area contributed by atoms with E-state index in [-0.39, 0.29) is 0 Å². The van der Waals surface area contributed by atoms with Crippen LogP contribution in [-0.2, 0) is 15.4 Å². The maximum Gasteiger partial charge on any atom is 0.207 e. The van der Waals surface area contributed by atoms with E-state index in [1.807, 2.05) is 36.4 Å². The van der Waals surface area contributed by atoms with Gasteiger partial charge < -0.3 is 18.9 Å². The molecule has 0 amide bonds. The van der Waals surface area contributed by atoms with Gasteiger partial charge in [-0.2, -0.15) is 0 Å². The SMILES string of the molecule is CCCN(CC)c1ccc2c(c1)S(=O)(=O)c1cc(N(CC)CCC)ccc1C21Oc2ccc(C)cc2-c2c(C)c3ccccn3c21. The summed E-state index contributed by atoms with van der Waals surface area (Å²) in [6, 6.07) is 24.5. The van der Waals surface area contributed by atoms with Crippen molar-refractivity contribution < 1.29 is 13.2 Å². The highest BCUT2D eigenvalue weighted by Crippen LogP contribution is 2.59. The average molecular weight is 634 g/mol. The van der Waals surface area contributed by atoms with Gasteiger partial charge in [0.2, 0.25) is 15.4 Å². The van der Waals surface area contributed by atoms with Crippen molar-refractivity contribution in [3.05, 3.63) is 107 Å². The zero-order valence-corrected chi connectivity index (χ0v) is 28.5. The lowest BCUT2D eigenvalue weighted by molar-refractivity contribution is 0.138. The average Bonchev–Trinajstić information content (AvgIpc) is 3.38. The van der Waals surface area contributed by atoms with E-state index in [1.165, 1.54) is 0 Å². The molecule has 0 bridgehead atoms. The first kappa shape index (κ1) is 30.4. The summed E-state index contributed by atoms with van der Waals surface area (Å²) in [5.74, 6) is 0.754. The molecule has 238 valence electrons. The first-order chi connectivity index (χ1) is 22.2. The highest BCUT2D eigenvalue weighted by molar-refractivity contribution is 7.91. The summed E-state index contributed by atoms with van der Waals surface area (Å²) in [6.45, 7) is 16.1. The van der Waals surface area contributed by atoms with Crippen LogP contribution in [0.5, 0.6) is 5.75 Å². The van der Waals surface area contributed by atoms with Crippen molar-refractivity contribution in [1.82, 2.24) is 4.40 Å². The van der Waals surface area contributed by atoms with Crippen LogP contribution < -0.4 is 14.5 Å². The first-order valence-electron chi connectivity index (χ1n) is 16.6. The van der Waals surface area contributed by atoms with Gasteiger partial charge in [-0.1, -0.05) is 43.7 Å². The van der Waals surface area contributed by atoms with E-state index in [0.717, 1.165) is 89.6 Å². The molecule has 0 radical (unpaired) electrons. The van der Waals surface area contributed by atoms with Crippen LogP contribution in [0.25, 0.3) is 16.6 Å². The number of pyridine rings is 1. The summed E-state index contributed by atoms with van der Waals surface area (Å²) < 4.78 is 39.4. The number of aryl methyl sites for hydroxylation is 2. The number of nitrogens with zero attached hydrogens (tertiary/aromatic N) is 3. The summed E-state index contributed by atoms with van der Waals surface area (Å²) in [5, 5.41) is 0. The van der Waals surface area contributed by atoms with Crippen molar-refractivity contribution in [2.24, 2.45) is 0 Å². The van der Waals surface area contributed by atoms with E-state index in [2.05, 4.69) is 98.3 Å². The van der Waals surface area contributed by atoms with Gasteiger partial charge in [0, 0.05) is 71.5 Å². The predicted octanol–water partition coefficient (Wildman–Crippen LogP) is 8.53. The lowest BCUT2D eigenvalue weighted by Gasteiger charge is -2.44. The number of anilines is 2. The van der Waals surface area contributed by atoms with E-state index in [0.29, 0.717) is 20.9 Å². The quantitative estimate of drug-likeness (QED) is 0.171. The van der Waals surface area contributed by atoms with Crippen molar-refractivity contribution >= 4 is 26.7 Å². The van der Waals surface area contributed by atoms with Gasteiger partial charge in [0.15, 0.2) is 0 Å². The summed E-state index contributed by atoms with van der Waals surface area (Å²) in [7, 11) is -3.91. The summed E-state index contributed by atoms with van der Waals surface area (Å²) in [5.41, 5.74) is 8.37. The fourth-order valence-electron chi connectivity index (χ4n) is 7.74. The minimum Gasteiger partial charge on any atom is -0.471 e. The Balaban J connectivity index is 1.64. The smallest absolute Gasteiger partial charge is 0.207 e. The third-order valence-corrected chi connectivity index (χ3v) is 11.7. The Morgan fingerprint density at radius 3 is 1.93 bits per heavy atom. The normalized spacial score (nSPS) is 15.1. The van der Waals surface area contributed by atoms with Crippen molar-refractivity contribution in [3.63, 3.8) is 0 Å². The molecule has 3 aromatic carbocycles. The molecule has 2 aromatic heterocycles. The number of hydrogen-bond acceptors (Lipinski definition) is 5. The molecule has 7 heteroatoms. The molecule has 0 aliphatic carbocycles. The van der Waals surface area contributed by atoms with Gasteiger partial charge in [-0.25, -0.2) is 8.42 Å². The minimum absolute atomic E-state index is 0.313. The number of rotatable bonds is 8. The van der Waals surface area contributed by atoms with Gasteiger partial charge in [-0.15, -0.1) is 0 Å². The largest absolute Gasteiger partial charge is 0.471 e. The molecule has 0 fully saturated rings. The molecule has 1 spiro atoms. The Kier molecular flexibility index (Phi) is 7.43. The van der Waals surface area contributed by atoms with E-state index < -0.39 is 15.4 Å². The van der Waals surface area contributed by atoms with Crippen LogP contribution in [0.15, 0.2) is 88.8 Å². The van der Waals surface area contributed by atoms with E-state index in [4.69, 9.17) is 4.74 Å². The number of ether oxygens (including phenoxy) is 1. The van der Waals surface area contributed by atoms with Gasteiger partial charge in [0.25, 0.3) is 0 Å². The predicted molar refractivity (Wildman–Crippen MR) is 188 cm³/mol. The Morgan fingerprint density at radius 2 is 1.37 bits per heavy atom. The van der Waals surface area contributed by atoms with Crippen molar-refractivity contribution in [2.45, 2.75) is 69.8 Å². The highest BCUT2D eigenvalue weighted by Gasteiger charge is 2.55. The lowest BCUT2D eigenvalue weighted by atomic mass is 9.77. The molecular formula is C39H43N3O3S. The number of aromatic nitrogens is 1. The Bertz CT molecular complexity index is 2020. The number of hydrogen-bond donors (Lipinski definition) is 0. The van der Waals surface area contributed by atoms with Gasteiger partial charge >= 0.3 is 0 Å². The van der Waals surface area contributed by atoms with Crippen LogP contribution in [-0.4, -0.2) is 39.0 Å². The van der Waals surface area contributed by atoms with Crippen LogP contribution in [0, 0.1) is 13.8 Å². The van der Waals surface area contributed by atoms with Crippen LogP contribution >= 0.6 is 0 Å². The number of sulfone groups is 1. The molecule has 5 aromatic rings. The second kappa shape index (κ2) is 11.2. The molecule has 6 nitrogen and oxygen atoms in total. The Labute approximate surface area is 273 Å². The zero-order chi connectivity index (χ0) is 32.4. The number of fused-ring (bicyclic) bond motifs is 10. The van der Waals surface area contributed by atoms with E-state index >= 15 is 0 Å². The fourth-order valence-corrected chi connectivity index (χ4v) is 9.53. The molecule has 0 saturated carbocycles. The first-order valence-corrected chi connectivity index (χ1v) is 18.1. The van der Waals surface area contributed by atoms with Crippen molar-refractivity contribution in [1.29, 1.82) is 0 Å². The van der Waals surface area contributed by atoms with Crippen molar-refractivity contribution in [3.8, 4) is 16.9 Å². The molecule has 0 unspecified atom stereocenters. The Hall–Kier alpha value is -4.23. The van der Waals surface area contributed by atoms with E-state index in [1.54, 1.807) is 0 Å². The number of benzene rings is 3. The second-order valence-electron chi connectivity index (χ2n) is 12.6. The molecule has 46 heavy (non-hydrogen) atoms. The maximum atomic E-state index is 14.9. The van der Waals surface area contributed by atoms with Gasteiger partial charge in [0.05, 0.1) is 15.5 Å². The van der Waals surface area contributed by atoms with Crippen molar-refractivity contribution in [2.75, 3.05) is 36.0 Å². The monoisotopic (exact) mass is 633 g/mol. The molecule has 0 N–H and O–H groups in total. The maximum absolute atomic E-state index is 14.9. The fraction of sp³-hybridized carbons (Fsp3) is 0.333. The molecular weight excluding hydrogens is 591 g/mol. The minimum atomic E-state index is -3.91. The van der Waals surface area contributed by atoms with Crippen LogP contribution in [0.4, 0.5) is 11.4 Å². The van der Waals surface area contributed by atoms with Gasteiger partial charge in [-0.05, 0) is 94.6 Å². The van der Waals surface area contributed by atoms with Gasteiger partial charge in [-0.3, -0.25) is 0 Å². The highest BCUT2D eigenvalue weighted by atomic mass is 32.2. The lowest BCUT2D eigenvalue weighted by Crippen LogP contribution is -2.44. The summed E-state index contributed by atoms with van der Waals surface area (Å²) in [6.07, 6.45) is 4.02. The van der Waals surface area contributed by atoms with Crippen LogP contribution in [0.2, 0.25) is 0 Å². The second-order valence-corrected chi connectivity index (χ2v) is 14.5. The zero-order valence-electron chi connectivity index (χ0n) is 27.7. The molecule has 2 aliphatic rings. The van der Waals surface area contributed by atoms with Crippen LogP contribution in [0.3, 0.4) is 0 Å². The molecule has 4 heterocycles. The van der Waals surface area contributed by atoms with E-state index in [9.17, 15) is 8.42 Å². The summed E-state index contributed by atoms with van der Waals surface area (Å²) in [4.78, 5) is 5.12. The van der Waals surface area contributed by atoms with Crippen LogP contribution in [0.1, 0.15) is 68.5 Å². The Morgan fingerprint density at radius 1 is 0.761 bits per heavy atom. The summed E-state index contributed by atoms with van der Waals surface area (Å²) >= 11 is 0. The molecule has 0 atom stereocenters. The third-order valence-electron chi connectivity index (χ3n) is 9.85. The molecule has 0 saturated heterocycles. The van der Waals surface area contributed by atoms with Gasteiger partial charge in [0.1, 0.15) is 5.75 Å². The third kappa shape index (κ3) is 4.24.